The van der Waals surface area contributed by atoms with Crippen LogP contribution in [0.15, 0.2) is 191 Å². The molecule has 2 aromatic heterocycles. The van der Waals surface area contributed by atoms with E-state index in [-0.39, 0.29) is 16.2 Å². The van der Waals surface area contributed by atoms with Crippen molar-refractivity contribution in [3.63, 3.8) is 0 Å². The van der Waals surface area contributed by atoms with Gasteiger partial charge in [0.1, 0.15) is 16.7 Å². The summed E-state index contributed by atoms with van der Waals surface area (Å²) in [7, 11) is 2.43. The molecule has 0 amide bonds. The molecule has 0 fully saturated rings. The van der Waals surface area contributed by atoms with Gasteiger partial charge < -0.3 is 14.2 Å². The van der Waals surface area contributed by atoms with Crippen LogP contribution in [0.2, 0.25) is 0 Å². The quantitative estimate of drug-likeness (QED) is 0.179. The fourth-order valence-electron chi connectivity index (χ4n) is 13.7. The molecule has 5 heteroatoms. The third-order valence-electron chi connectivity index (χ3n) is 17.6. The highest BCUT2D eigenvalue weighted by molar-refractivity contribution is 6.76. The minimum Gasteiger partial charge on any atom is -0.455 e. The van der Waals surface area contributed by atoms with Gasteiger partial charge in [0, 0.05) is 44.2 Å². The first-order valence-electron chi connectivity index (χ1n) is 26.5. The van der Waals surface area contributed by atoms with Gasteiger partial charge in [-0.15, -0.1) is 0 Å². The van der Waals surface area contributed by atoms with E-state index in [9.17, 15) is 0 Å². The van der Waals surface area contributed by atoms with Crippen LogP contribution in [0.25, 0.3) is 66.3 Å². The normalized spacial score (nSPS) is 16.2. The van der Waals surface area contributed by atoms with E-state index in [1.54, 1.807) is 0 Å². The van der Waals surface area contributed by atoms with Gasteiger partial charge >= 0.3 is 0 Å². The van der Waals surface area contributed by atoms with Crippen LogP contribution in [0, 0.1) is 0 Å². The van der Waals surface area contributed by atoms with E-state index in [1.165, 1.54) is 50.1 Å². The predicted molar refractivity (Wildman–Crippen MR) is 309 cm³/mol. The number of para-hydroxylation sites is 3. The molecule has 2 aliphatic carbocycles. The molecule has 0 saturated heterocycles. The molecule has 1 radical (unpaired) electrons. The Kier molecular flexibility index (Phi) is 8.85. The number of benzene rings is 9. The maximum atomic E-state index is 7.48. The molecule has 0 saturated carbocycles. The van der Waals surface area contributed by atoms with Gasteiger partial charge in [-0.05, 0) is 138 Å². The van der Waals surface area contributed by atoms with Crippen molar-refractivity contribution in [2.24, 2.45) is 0 Å². The summed E-state index contributed by atoms with van der Waals surface area (Å²) >= 11 is 0. The summed E-state index contributed by atoms with van der Waals surface area (Å²) in [6.07, 6.45) is 2.25. The van der Waals surface area contributed by atoms with Crippen LogP contribution in [-0.2, 0) is 21.7 Å². The number of fused-ring (bicyclic) bond motifs is 17. The van der Waals surface area contributed by atoms with Crippen molar-refractivity contribution in [3.05, 3.63) is 221 Å². The van der Waals surface area contributed by atoms with Gasteiger partial charge in [-0.2, -0.15) is 0 Å². The highest BCUT2D eigenvalue weighted by Crippen LogP contribution is 2.62. The number of furan rings is 2. The Balaban J connectivity index is 1.08. The van der Waals surface area contributed by atoms with Crippen LogP contribution < -0.4 is 21.1 Å². The van der Waals surface area contributed by atoms with E-state index in [2.05, 4.69) is 248 Å². The highest BCUT2D eigenvalue weighted by Gasteiger charge is 2.51. The van der Waals surface area contributed by atoms with Crippen molar-refractivity contribution in [1.82, 2.24) is 0 Å². The van der Waals surface area contributed by atoms with Gasteiger partial charge in [0.2, 0.25) is 7.28 Å². The minimum absolute atomic E-state index is 0.00280. The van der Waals surface area contributed by atoms with Crippen LogP contribution in [0.3, 0.4) is 0 Å². The fourth-order valence-corrected chi connectivity index (χ4v) is 13.7. The molecule has 1 N–H and O–H groups in total. The van der Waals surface area contributed by atoms with Gasteiger partial charge in [-0.1, -0.05) is 188 Å². The second kappa shape index (κ2) is 15.0. The van der Waals surface area contributed by atoms with Gasteiger partial charge in [0.05, 0.1) is 16.8 Å². The number of hydrogen-bond acceptors (Lipinski definition) is 4. The van der Waals surface area contributed by atoms with Crippen LogP contribution in [0.4, 0.5) is 28.6 Å². The van der Waals surface area contributed by atoms with E-state index < -0.39 is 5.41 Å². The molecule has 0 bridgehead atoms. The summed E-state index contributed by atoms with van der Waals surface area (Å²) in [5.74, 6) is 0.824. The molecule has 4 aliphatic rings. The van der Waals surface area contributed by atoms with Crippen LogP contribution in [0.5, 0.6) is 0 Å². The molecule has 0 atom stereocenters. The lowest BCUT2D eigenvalue weighted by molar-refractivity contribution is 0.332. The molecular weight excluding hydrogens is 900 g/mol. The first-order valence-corrected chi connectivity index (χ1v) is 26.5. The SMILES string of the molecule is CC(C)(C)c1ccc(N2c3cc4c(oc5ccccc54)c(-c4cccc5c4Nc4ccccc4C54c5ccccc5-c5ccccc54)c3[B]c3c2oc2cc4c(cc32)C(C)(C)CCC4(C)C)c(-c2ccccc2)c1. The monoisotopic (exact) mass is 955 g/mol. The molecule has 15 rings (SSSR count). The molecule has 0 unspecified atom stereocenters. The Morgan fingerprint density at radius 3 is 1.86 bits per heavy atom. The van der Waals surface area contributed by atoms with Gasteiger partial charge in [0.25, 0.3) is 0 Å². The maximum absolute atomic E-state index is 7.48. The lowest BCUT2D eigenvalue weighted by Crippen LogP contribution is -2.40. The van der Waals surface area contributed by atoms with Crippen molar-refractivity contribution in [3.8, 4) is 33.4 Å². The van der Waals surface area contributed by atoms with Crippen LogP contribution in [0.1, 0.15) is 100 Å². The summed E-state index contributed by atoms with van der Waals surface area (Å²) in [5.41, 5.74) is 24.5. The Morgan fingerprint density at radius 2 is 1.12 bits per heavy atom. The first-order chi connectivity index (χ1) is 35.8. The van der Waals surface area contributed by atoms with E-state index in [1.807, 2.05) is 0 Å². The lowest BCUT2D eigenvalue weighted by atomic mass is 9.57. The predicted octanol–water partition coefficient (Wildman–Crippen LogP) is 17.2. The summed E-state index contributed by atoms with van der Waals surface area (Å²) in [6, 6.07) is 67.7. The van der Waals surface area contributed by atoms with E-state index in [0.29, 0.717) is 0 Å². The second-order valence-corrected chi connectivity index (χ2v) is 23.7. The number of nitrogens with zero attached hydrogens (tertiary/aromatic N) is 1. The summed E-state index contributed by atoms with van der Waals surface area (Å²) in [5, 5.41) is 7.38. The second-order valence-electron chi connectivity index (χ2n) is 23.7. The molecular formula is C69H56BN2O2. The first kappa shape index (κ1) is 43.6. The molecule has 9 aromatic carbocycles. The number of rotatable bonds is 3. The Bertz CT molecular complexity index is 4160. The lowest BCUT2D eigenvalue weighted by Gasteiger charge is -2.41. The molecule has 357 valence electrons. The smallest absolute Gasteiger partial charge is 0.203 e. The number of hydrogen-bond donors (Lipinski definition) is 1. The number of anilines is 5. The zero-order chi connectivity index (χ0) is 50.0. The summed E-state index contributed by atoms with van der Waals surface area (Å²) in [6.45, 7) is 16.5. The molecule has 1 spiro atoms. The summed E-state index contributed by atoms with van der Waals surface area (Å²) in [4.78, 5) is 2.45. The zero-order valence-corrected chi connectivity index (χ0v) is 43.1. The molecule has 4 heterocycles. The van der Waals surface area contributed by atoms with Crippen LogP contribution >= 0.6 is 0 Å². The third-order valence-corrected chi connectivity index (χ3v) is 17.6. The zero-order valence-electron chi connectivity index (χ0n) is 43.1. The molecule has 74 heavy (non-hydrogen) atoms. The molecule has 11 aromatic rings. The largest absolute Gasteiger partial charge is 0.455 e. The van der Waals surface area contributed by atoms with Crippen molar-refractivity contribution < 1.29 is 8.83 Å². The topological polar surface area (TPSA) is 41.6 Å². The van der Waals surface area contributed by atoms with Crippen molar-refractivity contribution in [2.75, 3.05) is 10.2 Å². The third kappa shape index (κ3) is 5.87. The number of nitrogens with one attached hydrogen (secondary N) is 1. The maximum Gasteiger partial charge on any atom is 0.203 e. The van der Waals surface area contributed by atoms with E-state index in [0.717, 1.165) is 108 Å². The van der Waals surface area contributed by atoms with Crippen molar-refractivity contribution >= 4 is 79.7 Å². The molecule has 2 aliphatic heterocycles. The Hall–Kier alpha value is -8.02. The van der Waals surface area contributed by atoms with Crippen LogP contribution in [-0.4, -0.2) is 7.28 Å². The fraction of sp³-hybridized carbons (Fsp3) is 0.188. The van der Waals surface area contributed by atoms with Gasteiger partial charge in [0.15, 0.2) is 5.88 Å². The molecule has 4 nitrogen and oxygen atoms in total. The van der Waals surface area contributed by atoms with E-state index in [4.69, 9.17) is 8.83 Å². The van der Waals surface area contributed by atoms with Gasteiger partial charge in [-0.3, -0.25) is 4.90 Å². The average Bonchev–Trinajstić information content (AvgIpc) is 4.23. The van der Waals surface area contributed by atoms with E-state index >= 15 is 0 Å². The Morgan fingerprint density at radius 1 is 0.486 bits per heavy atom. The highest BCUT2D eigenvalue weighted by atomic mass is 16.4. The average molecular weight is 956 g/mol. The standard InChI is InChI=1S/C69H56BN2O2/c1-66(2,3)41-32-33-56(46(36-41)40-20-9-8-10-21-40)72-57-38-47-44-24-13-18-31-58(44)73-64(47)60(62(57)70-61-48-37-53-54(39-59(48)74-65(61)72)68(6,7)35-34-67(53,4)5)45-25-19-29-52-63(45)71-55-30-17-16-28-51(55)69(52)49-26-14-11-22-42(49)43-23-12-15-27-50(43)69/h8-33,36-39,71H,34-35H2,1-7H3. The van der Waals surface area contributed by atoms with Gasteiger partial charge in [-0.25, -0.2) is 0 Å². The Labute approximate surface area is 433 Å². The van der Waals surface area contributed by atoms with Crippen molar-refractivity contribution in [1.29, 1.82) is 0 Å². The van der Waals surface area contributed by atoms with Crippen molar-refractivity contribution in [2.45, 2.75) is 83.0 Å². The summed E-state index contributed by atoms with van der Waals surface area (Å²) < 4.78 is 14.7. The minimum atomic E-state index is -0.578.